The summed E-state index contributed by atoms with van der Waals surface area (Å²) in [5.74, 6) is -0.137. The van der Waals surface area contributed by atoms with Crippen molar-refractivity contribution >= 4 is 23.6 Å². The van der Waals surface area contributed by atoms with E-state index in [0.717, 1.165) is 0 Å². The minimum absolute atomic E-state index is 0.253. The topological polar surface area (TPSA) is 67.9 Å². The molecule has 0 atom stereocenters. The Kier molecular flexibility index (Phi) is 5.73. The van der Waals surface area contributed by atoms with E-state index in [9.17, 15) is 14.0 Å². The second-order valence-electron chi connectivity index (χ2n) is 4.78. The van der Waals surface area contributed by atoms with Gasteiger partial charge in [-0.2, -0.15) is 0 Å². The highest BCUT2D eigenvalue weighted by Gasteiger charge is 2.14. The number of ether oxygens (including phenoxy) is 2. The van der Waals surface area contributed by atoms with Gasteiger partial charge in [0.1, 0.15) is 11.6 Å². The van der Waals surface area contributed by atoms with Crippen molar-refractivity contribution < 1.29 is 23.5 Å². The fraction of sp³-hybridized carbons (Fsp3) is 0.176. The molecule has 126 valence electrons. The van der Waals surface area contributed by atoms with E-state index in [1.165, 1.54) is 42.3 Å². The van der Waals surface area contributed by atoms with Crippen LogP contribution in [0.25, 0.3) is 0 Å². The van der Waals surface area contributed by atoms with E-state index >= 15 is 0 Å². The zero-order chi connectivity index (χ0) is 17.5. The monoisotopic (exact) mass is 332 g/mol. The van der Waals surface area contributed by atoms with Crippen LogP contribution in [-0.4, -0.2) is 25.8 Å². The molecule has 0 spiro atoms. The number of nitrogens with zero attached hydrogens (tertiary/aromatic N) is 1. The molecular weight excluding hydrogens is 315 g/mol. The average molecular weight is 332 g/mol. The van der Waals surface area contributed by atoms with Crippen LogP contribution in [0, 0.1) is 5.82 Å². The first kappa shape index (κ1) is 17.3. The van der Waals surface area contributed by atoms with Crippen LogP contribution in [0.1, 0.15) is 6.92 Å². The van der Waals surface area contributed by atoms with Gasteiger partial charge in [0.15, 0.2) is 0 Å². The lowest BCUT2D eigenvalue weighted by Crippen LogP contribution is -2.29. The van der Waals surface area contributed by atoms with Gasteiger partial charge in [0.2, 0.25) is 0 Å². The van der Waals surface area contributed by atoms with Crippen molar-refractivity contribution in [2.24, 2.45) is 0 Å². The van der Waals surface area contributed by atoms with Gasteiger partial charge in [-0.05, 0) is 43.3 Å². The molecule has 0 saturated carbocycles. The number of carbonyl (C=O) groups excluding carboxylic acids is 2. The largest absolute Gasteiger partial charge is 0.450 e. The summed E-state index contributed by atoms with van der Waals surface area (Å²) in [5.41, 5.74) is 0.922. The number of anilines is 2. The SMILES string of the molecule is CCOC(=O)Nc1cccc(OC(=O)N(C)c2ccc(F)cc2)c1. The Bertz CT molecular complexity index is 719. The molecule has 0 saturated heterocycles. The summed E-state index contributed by atoms with van der Waals surface area (Å²) in [7, 11) is 1.51. The Labute approximate surface area is 138 Å². The Balaban J connectivity index is 2.03. The summed E-state index contributed by atoms with van der Waals surface area (Å²) in [6, 6.07) is 11.8. The Morgan fingerprint density at radius 1 is 1.17 bits per heavy atom. The van der Waals surface area contributed by atoms with Crippen LogP contribution in [0.4, 0.5) is 25.4 Å². The molecule has 0 heterocycles. The van der Waals surface area contributed by atoms with Gasteiger partial charge in [-0.15, -0.1) is 0 Å². The molecule has 0 aliphatic heterocycles. The minimum atomic E-state index is -0.644. The quantitative estimate of drug-likeness (QED) is 0.918. The first-order valence-electron chi connectivity index (χ1n) is 7.24. The summed E-state index contributed by atoms with van der Waals surface area (Å²) in [6.45, 7) is 1.95. The number of hydrogen-bond donors (Lipinski definition) is 1. The van der Waals surface area contributed by atoms with Crippen LogP contribution < -0.4 is 15.0 Å². The highest BCUT2D eigenvalue weighted by Crippen LogP contribution is 2.20. The van der Waals surface area contributed by atoms with Crippen molar-refractivity contribution in [1.82, 2.24) is 0 Å². The summed E-state index contributed by atoms with van der Waals surface area (Å²) in [6.07, 6.45) is -1.24. The van der Waals surface area contributed by atoms with Gasteiger partial charge in [0, 0.05) is 24.5 Å². The normalized spacial score (nSPS) is 9.96. The molecule has 1 N–H and O–H groups in total. The van der Waals surface area contributed by atoms with Crippen LogP contribution in [-0.2, 0) is 4.74 Å². The highest BCUT2D eigenvalue weighted by atomic mass is 19.1. The second kappa shape index (κ2) is 7.96. The molecule has 0 unspecified atom stereocenters. The molecule has 0 fully saturated rings. The molecule has 2 aromatic carbocycles. The summed E-state index contributed by atoms with van der Waals surface area (Å²) in [5, 5.41) is 2.52. The maximum Gasteiger partial charge on any atom is 0.419 e. The molecule has 2 rings (SSSR count). The summed E-state index contributed by atoms with van der Waals surface area (Å²) in [4.78, 5) is 24.8. The van der Waals surface area contributed by atoms with Gasteiger partial charge in [0.05, 0.1) is 6.61 Å². The Hall–Kier alpha value is -3.09. The molecule has 0 aliphatic rings. The molecule has 0 aliphatic carbocycles. The molecule has 7 heteroatoms. The van der Waals surface area contributed by atoms with E-state index in [0.29, 0.717) is 11.4 Å². The van der Waals surface area contributed by atoms with Crippen molar-refractivity contribution in [1.29, 1.82) is 0 Å². The lowest BCUT2D eigenvalue weighted by atomic mass is 10.3. The van der Waals surface area contributed by atoms with Gasteiger partial charge >= 0.3 is 12.2 Å². The Morgan fingerprint density at radius 2 is 1.88 bits per heavy atom. The number of hydrogen-bond acceptors (Lipinski definition) is 4. The molecule has 2 amide bonds. The molecule has 0 bridgehead atoms. The van der Waals surface area contributed by atoms with Crippen LogP contribution >= 0.6 is 0 Å². The predicted molar refractivity (Wildman–Crippen MR) is 87.9 cm³/mol. The van der Waals surface area contributed by atoms with Gasteiger partial charge in [0.25, 0.3) is 0 Å². The van der Waals surface area contributed by atoms with Crippen LogP contribution in [0.2, 0.25) is 0 Å². The number of rotatable bonds is 4. The van der Waals surface area contributed by atoms with Crippen LogP contribution in [0.5, 0.6) is 5.75 Å². The molecule has 2 aromatic rings. The second-order valence-corrected chi connectivity index (χ2v) is 4.78. The van der Waals surface area contributed by atoms with E-state index in [1.807, 2.05) is 0 Å². The average Bonchev–Trinajstić information content (AvgIpc) is 2.55. The number of benzene rings is 2. The van der Waals surface area contributed by atoms with Crippen molar-refractivity contribution in [3.05, 3.63) is 54.3 Å². The van der Waals surface area contributed by atoms with Gasteiger partial charge < -0.3 is 9.47 Å². The van der Waals surface area contributed by atoms with E-state index in [1.54, 1.807) is 25.1 Å². The molecule has 0 aromatic heterocycles. The molecular formula is C17H17FN2O4. The molecule has 6 nitrogen and oxygen atoms in total. The first-order chi connectivity index (χ1) is 11.5. The lowest BCUT2D eigenvalue weighted by molar-refractivity contribution is 0.168. The van der Waals surface area contributed by atoms with Crippen LogP contribution in [0.3, 0.4) is 0 Å². The maximum atomic E-state index is 12.9. The standard InChI is InChI=1S/C17H17FN2O4/c1-3-23-16(21)19-13-5-4-6-15(11-13)24-17(22)20(2)14-9-7-12(18)8-10-14/h4-11H,3H2,1-2H3,(H,19,21). The first-order valence-corrected chi connectivity index (χ1v) is 7.24. The van der Waals surface area contributed by atoms with E-state index < -0.39 is 18.0 Å². The van der Waals surface area contributed by atoms with Crippen LogP contribution in [0.15, 0.2) is 48.5 Å². The zero-order valence-corrected chi connectivity index (χ0v) is 13.3. The fourth-order valence-electron chi connectivity index (χ4n) is 1.86. The summed E-state index contributed by atoms with van der Waals surface area (Å²) < 4.78 is 22.9. The van der Waals surface area contributed by atoms with Crippen molar-refractivity contribution in [3.63, 3.8) is 0 Å². The minimum Gasteiger partial charge on any atom is -0.450 e. The third kappa shape index (κ3) is 4.70. The number of carbonyl (C=O) groups is 2. The van der Waals surface area contributed by atoms with Gasteiger partial charge in [-0.3, -0.25) is 10.2 Å². The third-order valence-corrected chi connectivity index (χ3v) is 3.05. The lowest BCUT2D eigenvalue weighted by Gasteiger charge is -2.17. The predicted octanol–water partition coefficient (Wildman–Crippen LogP) is 4.03. The maximum absolute atomic E-state index is 12.9. The smallest absolute Gasteiger partial charge is 0.419 e. The number of amides is 2. The number of nitrogens with one attached hydrogen (secondary N) is 1. The zero-order valence-electron chi connectivity index (χ0n) is 13.3. The van der Waals surface area contributed by atoms with E-state index in [2.05, 4.69) is 5.32 Å². The number of halogens is 1. The summed E-state index contributed by atoms with van der Waals surface area (Å²) >= 11 is 0. The molecule has 24 heavy (non-hydrogen) atoms. The van der Waals surface area contributed by atoms with Gasteiger partial charge in [-0.25, -0.2) is 14.0 Å². The van der Waals surface area contributed by atoms with Crippen molar-refractivity contribution in [2.45, 2.75) is 6.92 Å². The Morgan fingerprint density at radius 3 is 2.54 bits per heavy atom. The third-order valence-electron chi connectivity index (χ3n) is 3.05. The molecule has 0 radical (unpaired) electrons. The van der Waals surface area contributed by atoms with E-state index in [4.69, 9.17) is 9.47 Å². The van der Waals surface area contributed by atoms with E-state index in [-0.39, 0.29) is 12.4 Å². The highest BCUT2D eigenvalue weighted by molar-refractivity contribution is 5.89. The van der Waals surface area contributed by atoms with Crippen molar-refractivity contribution in [3.8, 4) is 5.75 Å². The fourth-order valence-corrected chi connectivity index (χ4v) is 1.86. The van der Waals surface area contributed by atoms with Gasteiger partial charge in [-0.1, -0.05) is 6.07 Å². The van der Waals surface area contributed by atoms with Crippen molar-refractivity contribution in [2.75, 3.05) is 23.9 Å².